The van der Waals surface area contributed by atoms with Crippen LogP contribution in [0.3, 0.4) is 0 Å². The fraction of sp³-hybridized carbons (Fsp3) is 0.545. The van der Waals surface area contributed by atoms with Crippen molar-refractivity contribution in [1.82, 2.24) is 14.8 Å². The monoisotopic (exact) mass is 429 g/mol. The van der Waals surface area contributed by atoms with Crippen molar-refractivity contribution >= 4 is 28.2 Å². The topological polar surface area (TPSA) is 81.2 Å². The Morgan fingerprint density at radius 3 is 2.68 bits per heavy atom. The zero-order valence-corrected chi connectivity index (χ0v) is 17.9. The van der Waals surface area contributed by atoms with Gasteiger partial charge in [-0.15, -0.1) is 0 Å². The molecule has 166 valence electrons. The second kappa shape index (κ2) is 7.58. The minimum Gasteiger partial charge on any atom is -0.387 e. The van der Waals surface area contributed by atoms with E-state index in [0.717, 1.165) is 41.1 Å². The molecule has 0 radical (unpaired) electrons. The minimum atomic E-state index is -0.748. The van der Waals surface area contributed by atoms with Gasteiger partial charge in [-0.05, 0) is 19.1 Å². The normalized spacial score (nSPS) is 20.6. The minimum absolute atomic E-state index is 0.0533. The smallest absolute Gasteiger partial charge is 0.236 e. The number of aliphatic hydroxyl groups is 1. The maximum atomic E-state index is 15.0. The predicted molar refractivity (Wildman–Crippen MR) is 116 cm³/mol. The molecule has 0 aliphatic carbocycles. The molecular weight excluding hydrogens is 401 g/mol. The molecule has 3 aliphatic rings. The van der Waals surface area contributed by atoms with Gasteiger partial charge in [-0.2, -0.15) is 0 Å². The third-order valence-corrected chi connectivity index (χ3v) is 6.46. The molecule has 9 heteroatoms. The van der Waals surface area contributed by atoms with Gasteiger partial charge in [-0.1, -0.05) is 0 Å². The van der Waals surface area contributed by atoms with Gasteiger partial charge in [0.05, 0.1) is 49.8 Å². The van der Waals surface area contributed by atoms with Crippen LogP contribution in [-0.2, 0) is 22.7 Å². The van der Waals surface area contributed by atoms with E-state index in [1.54, 1.807) is 17.9 Å². The number of rotatable bonds is 4. The van der Waals surface area contributed by atoms with Crippen molar-refractivity contribution in [3.8, 4) is 0 Å². The summed E-state index contributed by atoms with van der Waals surface area (Å²) in [6, 6.07) is 3.55. The number of hydrogen-bond donors (Lipinski definition) is 2. The van der Waals surface area contributed by atoms with Crippen molar-refractivity contribution < 1.29 is 19.0 Å². The predicted octanol–water partition coefficient (Wildman–Crippen LogP) is 1.16. The molecule has 2 aromatic rings. The van der Waals surface area contributed by atoms with Crippen LogP contribution >= 0.6 is 0 Å². The number of fused-ring (bicyclic) bond motifs is 2. The van der Waals surface area contributed by atoms with Crippen molar-refractivity contribution in [3.63, 3.8) is 0 Å². The SMILES string of the molecule is CNc1c2c(nc3c(F)cc(N4CCN(CC(=O)N5CC(C)(O)C5)CC4)cc13)COC2. The quantitative estimate of drug-likeness (QED) is 0.755. The van der Waals surface area contributed by atoms with Crippen LogP contribution in [0.25, 0.3) is 10.9 Å². The lowest BCUT2D eigenvalue weighted by molar-refractivity contribution is -0.153. The largest absolute Gasteiger partial charge is 0.387 e. The molecule has 0 atom stereocenters. The molecule has 1 amide bonds. The molecule has 2 N–H and O–H groups in total. The Labute approximate surface area is 180 Å². The molecule has 2 saturated heterocycles. The Hall–Kier alpha value is -2.49. The molecule has 1 aromatic carbocycles. The number of aromatic nitrogens is 1. The summed E-state index contributed by atoms with van der Waals surface area (Å²) in [5.74, 6) is -0.279. The van der Waals surface area contributed by atoms with Crippen molar-refractivity contribution in [2.45, 2.75) is 25.7 Å². The van der Waals surface area contributed by atoms with Gasteiger partial charge >= 0.3 is 0 Å². The molecular formula is C22H28FN5O3. The average molecular weight is 429 g/mol. The van der Waals surface area contributed by atoms with Gasteiger partial charge in [-0.3, -0.25) is 9.69 Å². The Balaban J connectivity index is 1.30. The number of nitrogens with one attached hydrogen (secondary N) is 1. The van der Waals surface area contributed by atoms with Crippen LogP contribution in [0.2, 0.25) is 0 Å². The molecule has 3 aliphatic heterocycles. The summed E-state index contributed by atoms with van der Waals surface area (Å²) in [7, 11) is 1.84. The number of carbonyl (C=O) groups excluding carboxylic acids is 1. The molecule has 4 heterocycles. The number of β-amino-alcohol motifs (C(OH)–C–C–N with tert-alkyl or cyclic N) is 1. The summed E-state index contributed by atoms with van der Waals surface area (Å²) in [5, 5.41) is 13.8. The lowest BCUT2D eigenvalue weighted by atomic mass is 9.97. The van der Waals surface area contributed by atoms with Crippen molar-refractivity contribution in [2.24, 2.45) is 0 Å². The van der Waals surface area contributed by atoms with Crippen LogP contribution in [0.4, 0.5) is 15.8 Å². The summed E-state index contributed by atoms with van der Waals surface area (Å²) < 4.78 is 20.5. The number of likely N-dealkylation sites (tertiary alicyclic amines) is 1. The first kappa shape index (κ1) is 20.4. The van der Waals surface area contributed by atoms with Crippen molar-refractivity contribution in [3.05, 3.63) is 29.2 Å². The first-order valence-corrected chi connectivity index (χ1v) is 10.7. The fourth-order valence-corrected chi connectivity index (χ4v) is 4.80. The van der Waals surface area contributed by atoms with Crippen molar-refractivity contribution in [2.75, 3.05) is 63.1 Å². The molecule has 5 rings (SSSR count). The van der Waals surface area contributed by atoms with E-state index in [1.807, 2.05) is 13.1 Å². The van der Waals surface area contributed by atoms with Crippen LogP contribution in [0.1, 0.15) is 18.2 Å². The van der Waals surface area contributed by atoms with E-state index < -0.39 is 5.60 Å². The van der Waals surface area contributed by atoms with E-state index in [2.05, 4.69) is 20.1 Å². The number of hydrogen-bond acceptors (Lipinski definition) is 7. The highest BCUT2D eigenvalue weighted by Crippen LogP contribution is 2.36. The van der Waals surface area contributed by atoms with Gasteiger partial charge in [0.1, 0.15) is 5.52 Å². The number of halogens is 1. The summed E-state index contributed by atoms with van der Waals surface area (Å²) >= 11 is 0. The Morgan fingerprint density at radius 1 is 1.26 bits per heavy atom. The first-order valence-electron chi connectivity index (χ1n) is 10.7. The lowest BCUT2D eigenvalue weighted by Gasteiger charge is -2.45. The van der Waals surface area contributed by atoms with Crippen LogP contribution in [-0.4, -0.2) is 84.3 Å². The number of amides is 1. The lowest BCUT2D eigenvalue weighted by Crippen LogP contribution is -2.63. The van der Waals surface area contributed by atoms with Crippen LogP contribution in [0.15, 0.2) is 12.1 Å². The van der Waals surface area contributed by atoms with Crippen LogP contribution in [0, 0.1) is 5.82 Å². The summed E-state index contributed by atoms with van der Waals surface area (Å²) in [6.07, 6.45) is 0. The van der Waals surface area contributed by atoms with Gasteiger partial charge in [0.2, 0.25) is 5.91 Å². The Kier molecular flexibility index (Phi) is 4.99. The number of carbonyl (C=O) groups is 1. The second-order valence-corrected chi connectivity index (χ2v) is 8.99. The molecule has 0 spiro atoms. The molecule has 1 aromatic heterocycles. The van der Waals surface area contributed by atoms with E-state index in [1.165, 1.54) is 0 Å². The van der Waals surface area contributed by atoms with Gasteiger partial charge in [0, 0.05) is 49.9 Å². The Bertz CT molecular complexity index is 1030. The molecule has 8 nitrogen and oxygen atoms in total. The van der Waals surface area contributed by atoms with E-state index >= 15 is 0 Å². The van der Waals surface area contributed by atoms with E-state index in [-0.39, 0.29) is 11.7 Å². The van der Waals surface area contributed by atoms with E-state index in [9.17, 15) is 14.3 Å². The number of anilines is 2. The molecule has 0 unspecified atom stereocenters. The van der Waals surface area contributed by atoms with Crippen LogP contribution in [0.5, 0.6) is 0 Å². The second-order valence-electron chi connectivity index (χ2n) is 8.99. The zero-order chi connectivity index (χ0) is 21.8. The van der Waals surface area contributed by atoms with Crippen molar-refractivity contribution in [1.29, 1.82) is 0 Å². The number of benzene rings is 1. The third kappa shape index (κ3) is 3.71. The van der Waals surface area contributed by atoms with E-state index in [4.69, 9.17) is 4.74 Å². The van der Waals surface area contributed by atoms with Gasteiger partial charge in [-0.25, -0.2) is 9.37 Å². The fourth-order valence-electron chi connectivity index (χ4n) is 4.80. The summed E-state index contributed by atoms with van der Waals surface area (Å²) in [4.78, 5) is 22.8. The molecule has 31 heavy (non-hydrogen) atoms. The third-order valence-electron chi connectivity index (χ3n) is 6.46. The van der Waals surface area contributed by atoms with E-state index in [0.29, 0.717) is 51.5 Å². The van der Waals surface area contributed by atoms with Gasteiger partial charge in [0.25, 0.3) is 0 Å². The number of piperazine rings is 1. The molecule has 2 fully saturated rings. The number of nitrogens with zero attached hydrogens (tertiary/aromatic N) is 4. The van der Waals surface area contributed by atoms with Gasteiger partial charge < -0.3 is 25.0 Å². The summed E-state index contributed by atoms with van der Waals surface area (Å²) in [6.45, 7) is 6.69. The maximum Gasteiger partial charge on any atom is 0.236 e. The zero-order valence-electron chi connectivity index (χ0n) is 17.9. The molecule has 0 saturated carbocycles. The Morgan fingerprint density at radius 2 is 2.00 bits per heavy atom. The number of ether oxygens (including phenoxy) is 1. The first-order chi connectivity index (χ1) is 14.8. The molecule has 0 bridgehead atoms. The maximum absolute atomic E-state index is 15.0. The van der Waals surface area contributed by atoms with Crippen LogP contribution < -0.4 is 10.2 Å². The van der Waals surface area contributed by atoms with Gasteiger partial charge in [0.15, 0.2) is 5.82 Å². The highest BCUT2D eigenvalue weighted by atomic mass is 19.1. The number of pyridine rings is 1. The highest BCUT2D eigenvalue weighted by Gasteiger charge is 2.39. The standard InChI is InChI=1S/C22H28FN5O3/c1-22(30)12-28(13-22)19(29)9-26-3-5-27(6-4-26)14-7-15-20(24-2)16-10-31-11-18(16)25-21(15)17(23)8-14/h7-8,30H,3-6,9-13H2,1-2H3,(H,24,25). The average Bonchev–Trinajstić information content (AvgIpc) is 3.19. The highest BCUT2D eigenvalue weighted by molar-refractivity contribution is 5.96. The summed E-state index contributed by atoms with van der Waals surface area (Å²) in [5.41, 5.74) is 3.12.